The number of anilines is 2. The van der Waals surface area contributed by atoms with Crippen molar-refractivity contribution in [2.75, 3.05) is 22.9 Å². The molecular formula is C22H24N2O2. The fraction of sp³-hybridized carbons (Fsp3) is 0.364. The first-order valence-corrected chi connectivity index (χ1v) is 9.50. The van der Waals surface area contributed by atoms with Crippen LogP contribution in [0.1, 0.15) is 36.8 Å². The summed E-state index contributed by atoms with van der Waals surface area (Å²) >= 11 is 0. The van der Waals surface area contributed by atoms with Crippen molar-refractivity contribution in [3.63, 3.8) is 0 Å². The zero-order valence-corrected chi connectivity index (χ0v) is 15.0. The van der Waals surface area contributed by atoms with E-state index in [-0.39, 0.29) is 24.7 Å². The lowest BCUT2D eigenvalue weighted by atomic mass is 10.0. The van der Waals surface area contributed by atoms with Gasteiger partial charge in [0, 0.05) is 37.3 Å². The van der Waals surface area contributed by atoms with E-state index in [1.807, 2.05) is 46.2 Å². The first kappa shape index (κ1) is 16.8. The van der Waals surface area contributed by atoms with Crippen molar-refractivity contribution in [1.82, 2.24) is 0 Å². The van der Waals surface area contributed by atoms with Gasteiger partial charge in [0.2, 0.25) is 11.8 Å². The molecule has 0 N–H and O–H groups in total. The Labute approximate surface area is 154 Å². The molecular weight excluding hydrogens is 324 g/mol. The molecule has 0 atom stereocenters. The van der Waals surface area contributed by atoms with Crippen molar-refractivity contribution >= 4 is 23.2 Å². The van der Waals surface area contributed by atoms with Crippen LogP contribution in [-0.2, 0) is 22.4 Å². The maximum absolute atomic E-state index is 12.7. The van der Waals surface area contributed by atoms with Crippen LogP contribution >= 0.6 is 0 Å². The number of aryl methyl sites for hydroxylation is 2. The molecule has 2 heterocycles. The van der Waals surface area contributed by atoms with E-state index < -0.39 is 0 Å². The van der Waals surface area contributed by atoms with Crippen LogP contribution in [0.3, 0.4) is 0 Å². The number of hydrogen-bond donors (Lipinski definition) is 0. The average molecular weight is 348 g/mol. The van der Waals surface area contributed by atoms with E-state index in [2.05, 4.69) is 12.1 Å². The van der Waals surface area contributed by atoms with Gasteiger partial charge in [0.25, 0.3) is 0 Å². The van der Waals surface area contributed by atoms with E-state index in [9.17, 15) is 9.59 Å². The van der Waals surface area contributed by atoms with Crippen molar-refractivity contribution in [3.8, 4) is 0 Å². The summed E-state index contributed by atoms with van der Waals surface area (Å²) in [4.78, 5) is 29.2. The number of amides is 2. The van der Waals surface area contributed by atoms with Crippen LogP contribution in [0.25, 0.3) is 0 Å². The fourth-order valence-corrected chi connectivity index (χ4v) is 4.07. The van der Waals surface area contributed by atoms with Crippen molar-refractivity contribution < 1.29 is 9.59 Å². The van der Waals surface area contributed by atoms with Gasteiger partial charge >= 0.3 is 0 Å². The number of hydrogen-bond acceptors (Lipinski definition) is 2. The summed E-state index contributed by atoms with van der Waals surface area (Å²) in [5.74, 6) is 0.103. The highest BCUT2D eigenvalue weighted by Gasteiger charge is 2.25. The minimum Gasteiger partial charge on any atom is -0.312 e. The van der Waals surface area contributed by atoms with E-state index in [4.69, 9.17) is 0 Å². The monoisotopic (exact) mass is 348 g/mol. The number of nitrogens with zero attached hydrogens (tertiary/aromatic N) is 2. The van der Waals surface area contributed by atoms with Gasteiger partial charge in [0.1, 0.15) is 0 Å². The van der Waals surface area contributed by atoms with E-state index in [1.54, 1.807) is 0 Å². The van der Waals surface area contributed by atoms with Gasteiger partial charge in [0.05, 0.1) is 0 Å². The average Bonchev–Trinajstić information content (AvgIpc) is 2.71. The molecule has 2 aliphatic heterocycles. The number of rotatable bonds is 3. The Hall–Kier alpha value is -2.62. The van der Waals surface area contributed by atoms with E-state index in [1.165, 1.54) is 11.1 Å². The lowest BCUT2D eigenvalue weighted by molar-refractivity contribution is -0.123. The Morgan fingerprint density at radius 2 is 1.12 bits per heavy atom. The molecule has 0 unspecified atom stereocenters. The van der Waals surface area contributed by atoms with Crippen molar-refractivity contribution in [1.29, 1.82) is 0 Å². The Bertz CT molecular complexity index is 761. The highest BCUT2D eigenvalue weighted by molar-refractivity contribution is 6.00. The van der Waals surface area contributed by atoms with Gasteiger partial charge in [-0.25, -0.2) is 0 Å². The summed E-state index contributed by atoms with van der Waals surface area (Å²) in [5.41, 5.74) is 4.48. The van der Waals surface area contributed by atoms with Crippen molar-refractivity contribution in [2.45, 2.75) is 38.5 Å². The summed E-state index contributed by atoms with van der Waals surface area (Å²) < 4.78 is 0. The number of fused-ring (bicyclic) bond motifs is 2. The third kappa shape index (κ3) is 3.24. The molecule has 0 fully saturated rings. The molecule has 0 aromatic heterocycles. The number of carbonyl (C=O) groups excluding carboxylic acids is 2. The fourth-order valence-electron chi connectivity index (χ4n) is 4.07. The van der Waals surface area contributed by atoms with Gasteiger partial charge in [-0.2, -0.15) is 0 Å². The van der Waals surface area contributed by atoms with Crippen molar-refractivity contribution in [3.05, 3.63) is 59.7 Å². The zero-order chi connectivity index (χ0) is 17.9. The van der Waals surface area contributed by atoms with E-state index in [0.717, 1.165) is 50.1 Å². The first-order chi connectivity index (χ1) is 12.7. The Morgan fingerprint density at radius 1 is 0.692 bits per heavy atom. The summed E-state index contributed by atoms with van der Waals surface area (Å²) in [5, 5.41) is 0. The SMILES string of the molecule is O=C(CCC(=O)N1CCCc2ccccc21)N1CCCc2ccccc21. The molecule has 26 heavy (non-hydrogen) atoms. The minimum absolute atomic E-state index is 0.0517. The molecule has 134 valence electrons. The molecule has 2 aromatic carbocycles. The van der Waals surface area contributed by atoms with Crippen LogP contribution in [0.5, 0.6) is 0 Å². The summed E-state index contributed by atoms with van der Waals surface area (Å²) in [6.45, 7) is 1.49. The lowest BCUT2D eigenvalue weighted by Gasteiger charge is -2.31. The Morgan fingerprint density at radius 3 is 1.58 bits per heavy atom. The van der Waals surface area contributed by atoms with Crippen LogP contribution in [0.4, 0.5) is 11.4 Å². The van der Waals surface area contributed by atoms with E-state index in [0.29, 0.717) is 0 Å². The molecule has 0 aliphatic carbocycles. The van der Waals surface area contributed by atoms with Gasteiger partial charge in [-0.15, -0.1) is 0 Å². The standard InChI is InChI=1S/C22H24N2O2/c25-21(23-15-5-9-17-7-1-3-11-19(17)23)13-14-22(26)24-16-6-10-18-8-2-4-12-20(18)24/h1-4,7-8,11-12H,5-6,9-10,13-16H2. The Balaban J connectivity index is 1.42. The van der Waals surface area contributed by atoms with Gasteiger partial charge in [0.15, 0.2) is 0 Å². The van der Waals surface area contributed by atoms with Crippen LogP contribution in [0.2, 0.25) is 0 Å². The van der Waals surface area contributed by atoms with Crippen LogP contribution in [0.15, 0.2) is 48.5 Å². The normalized spacial score (nSPS) is 16.0. The van der Waals surface area contributed by atoms with Crippen molar-refractivity contribution in [2.24, 2.45) is 0 Å². The van der Waals surface area contributed by atoms with Gasteiger partial charge < -0.3 is 9.80 Å². The highest BCUT2D eigenvalue weighted by Crippen LogP contribution is 2.29. The molecule has 2 aromatic rings. The summed E-state index contributed by atoms with van der Waals surface area (Å²) in [6.07, 6.45) is 4.54. The molecule has 0 saturated heterocycles. The largest absolute Gasteiger partial charge is 0.312 e. The summed E-state index contributed by atoms with van der Waals surface area (Å²) in [7, 11) is 0. The zero-order valence-electron chi connectivity index (χ0n) is 15.0. The topological polar surface area (TPSA) is 40.6 Å². The van der Waals surface area contributed by atoms with E-state index >= 15 is 0 Å². The molecule has 0 bridgehead atoms. The molecule has 2 amide bonds. The predicted octanol–water partition coefficient (Wildman–Crippen LogP) is 3.73. The third-order valence-electron chi connectivity index (χ3n) is 5.38. The maximum atomic E-state index is 12.7. The minimum atomic E-state index is 0.0517. The molecule has 4 heteroatoms. The molecule has 0 saturated carbocycles. The Kier molecular flexibility index (Phi) is 4.74. The maximum Gasteiger partial charge on any atom is 0.227 e. The second-order valence-corrected chi connectivity index (χ2v) is 7.06. The predicted molar refractivity (Wildman–Crippen MR) is 103 cm³/mol. The highest BCUT2D eigenvalue weighted by atomic mass is 16.2. The quantitative estimate of drug-likeness (QED) is 0.848. The first-order valence-electron chi connectivity index (χ1n) is 9.50. The summed E-state index contributed by atoms with van der Waals surface area (Å²) in [6, 6.07) is 16.2. The number of carbonyl (C=O) groups is 2. The second kappa shape index (κ2) is 7.32. The number of para-hydroxylation sites is 2. The van der Waals surface area contributed by atoms with Gasteiger partial charge in [-0.05, 0) is 48.9 Å². The molecule has 2 aliphatic rings. The molecule has 0 radical (unpaired) electrons. The van der Waals surface area contributed by atoms with Gasteiger partial charge in [-0.3, -0.25) is 9.59 Å². The smallest absolute Gasteiger partial charge is 0.227 e. The van der Waals surface area contributed by atoms with Crippen LogP contribution in [-0.4, -0.2) is 24.9 Å². The van der Waals surface area contributed by atoms with Gasteiger partial charge in [-0.1, -0.05) is 36.4 Å². The molecule has 4 nitrogen and oxygen atoms in total. The lowest BCUT2D eigenvalue weighted by Crippen LogP contribution is -2.38. The van der Waals surface area contributed by atoms with Crippen LogP contribution < -0.4 is 9.80 Å². The number of benzene rings is 2. The molecule has 4 rings (SSSR count). The molecule has 0 spiro atoms. The third-order valence-corrected chi connectivity index (χ3v) is 5.38. The second-order valence-electron chi connectivity index (χ2n) is 7.06. The van der Waals surface area contributed by atoms with Crippen LogP contribution in [0, 0.1) is 0 Å².